The maximum absolute atomic E-state index is 12.2. The summed E-state index contributed by atoms with van der Waals surface area (Å²) in [6, 6.07) is 13.8. The number of amides is 1. The molecule has 0 unspecified atom stereocenters. The molecule has 3 rings (SSSR count). The summed E-state index contributed by atoms with van der Waals surface area (Å²) in [7, 11) is -3.31. The van der Waals surface area contributed by atoms with Crippen LogP contribution in [0.2, 0.25) is 5.02 Å². The third kappa shape index (κ3) is 5.84. The molecular formula is C20H20ClN3O4S2. The molecule has 1 heterocycles. The van der Waals surface area contributed by atoms with Crippen LogP contribution in [-0.2, 0) is 21.1 Å². The van der Waals surface area contributed by atoms with Crippen LogP contribution in [0.15, 0.2) is 62.7 Å². The number of halogens is 1. The maximum Gasteiger partial charge on any atom is 0.322 e. The van der Waals surface area contributed by atoms with E-state index in [-0.39, 0.29) is 22.6 Å². The van der Waals surface area contributed by atoms with Gasteiger partial charge in [-0.1, -0.05) is 28.8 Å². The van der Waals surface area contributed by atoms with Gasteiger partial charge in [-0.2, -0.15) is 0 Å². The molecule has 0 atom stereocenters. The number of aromatic nitrogens is 2. The molecular weight excluding hydrogens is 446 g/mol. The Hall–Kier alpha value is -2.36. The van der Waals surface area contributed by atoms with Crippen LogP contribution in [-0.4, -0.2) is 35.5 Å². The minimum absolute atomic E-state index is 0.0192. The Balaban J connectivity index is 1.54. The second kappa shape index (κ2) is 9.63. The Kier molecular flexibility index (Phi) is 7.17. The van der Waals surface area contributed by atoms with Gasteiger partial charge in [0.05, 0.1) is 22.3 Å². The van der Waals surface area contributed by atoms with E-state index in [2.05, 4.69) is 15.5 Å². The molecule has 1 N–H and O–H groups in total. The first-order valence-corrected chi connectivity index (χ1v) is 12.0. The Bertz CT molecular complexity index is 1110. The summed E-state index contributed by atoms with van der Waals surface area (Å²) in [5.41, 5.74) is 0.817. The maximum atomic E-state index is 12.2. The van der Waals surface area contributed by atoms with Crippen molar-refractivity contribution in [3.05, 3.63) is 65.0 Å². The zero-order valence-electron chi connectivity index (χ0n) is 16.3. The Morgan fingerprint density at radius 2 is 1.77 bits per heavy atom. The van der Waals surface area contributed by atoms with Gasteiger partial charge in [0.15, 0.2) is 9.84 Å². The van der Waals surface area contributed by atoms with Gasteiger partial charge in [-0.15, -0.1) is 16.9 Å². The number of nitrogens with zero attached hydrogens (tertiary/aromatic N) is 2. The summed E-state index contributed by atoms with van der Waals surface area (Å²) in [6.07, 6.45) is 0.324. The van der Waals surface area contributed by atoms with E-state index >= 15 is 0 Å². The first-order valence-electron chi connectivity index (χ1n) is 9.07. The SMILES string of the molecule is CC(C)S(=O)(=O)c1ccc(Cc2nnc(NC(=O)CSc3ccc(Cl)cc3)o2)cc1. The zero-order valence-corrected chi connectivity index (χ0v) is 18.7. The molecule has 0 spiro atoms. The van der Waals surface area contributed by atoms with E-state index in [0.29, 0.717) is 17.3 Å². The fourth-order valence-electron chi connectivity index (χ4n) is 2.45. The molecule has 1 amide bonds. The van der Waals surface area contributed by atoms with E-state index in [0.717, 1.165) is 10.5 Å². The van der Waals surface area contributed by atoms with Gasteiger partial charge in [0.2, 0.25) is 11.8 Å². The monoisotopic (exact) mass is 465 g/mol. The number of hydrogen-bond acceptors (Lipinski definition) is 7. The molecule has 0 aliphatic heterocycles. The van der Waals surface area contributed by atoms with Crippen molar-refractivity contribution in [1.29, 1.82) is 0 Å². The van der Waals surface area contributed by atoms with Crippen LogP contribution in [0.4, 0.5) is 6.01 Å². The molecule has 0 saturated heterocycles. The van der Waals surface area contributed by atoms with Gasteiger partial charge >= 0.3 is 6.01 Å². The number of nitrogens with one attached hydrogen (secondary N) is 1. The molecule has 7 nitrogen and oxygen atoms in total. The highest BCUT2D eigenvalue weighted by Crippen LogP contribution is 2.21. The Morgan fingerprint density at radius 3 is 2.40 bits per heavy atom. The second-order valence-electron chi connectivity index (χ2n) is 6.71. The molecule has 0 fully saturated rings. The molecule has 0 radical (unpaired) electrons. The molecule has 30 heavy (non-hydrogen) atoms. The number of benzene rings is 2. The lowest BCUT2D eigenvalue weighted by Gasteiger charge is -2.08. The fraction of sp³-hybridized carbons (Fsp3) is 0.250. The van der Waals surface area contributed by atoms with Crippen molar-refractivity contribution in [2.45, 2.75) is 35.3 Å². The Morgan fingerprint density at radius 1 is 1.10 bits per heavy atom. The standard InChI is InChI=1S/C20H20ClN3O4S2/c1-13(2)30(26,27)17-9-3-14(4-10-17)11-19-23-24-20(28-19)22-18(25)12-29-16-7-5-15(21)6-8-16/h3-10,13H,11-12H2,1-2H3,(H,22,24,25). The van der Waals surface area contributed by atoms with Crippen molar-refractivity contribution >= 4 is 45.1 Å². The molecule has 158 valence electrons. The first-order chi connectivity index (χ1) is 14.2. The van der Waals surface area contributed by atoms with Crippen LogP contribution in [0.3, 0.4) is 0 Å². The quantitative estimate of drug-likeness (QED) is 0.496. The highest BCUT2D eigenvalue weighted by molar-refractivity contribution is 8.00. The van der Waals surface area contributed by atoms with E-state index in [1.54, 1.807) is 50.2 Å². The van der Waals surface area contributed by atoms with Gasteiger partial charge in [0, 0.05) is 9.92 Å². The number of rotatable bonds is 8. The summed E-state index contributed by atoms with van der Waals surface area (Å²) < 4.78 is 29.8. The number of hydrogen-bond donors (Lipinski definition) is 1. The van der Waals surface area contributed by atoms with Crippen LogP contribution < -0.4 is 5.32 Å². The molecule has 0 aliphatic carbocycles. The summed E-state index contributed by atoms with van der Waals surface area (Å²) in [4.78, 5) is 13.3. The van der Waals surface area contributed by atoms with Crippen molar-refractivity contribution in [1.82, 2.24) is 10.2 Å². The molecule has 0 bridgehead atoms. The van der Waals surface area contributed by atoms with Crippen molar-refractivity contribution in [3.63, 3.8) is 0 Å². The third-order valence-electron chi connectivity index (χ3n) is 4.12. The summed E-state index contributed by atoms with van der Waals surface area (Å²) >= 11 is 7.20. The lowest BCUT2D eigenvalue weighted by Crippen LogP contribution is -2.14. The van der Waals surface area contributed by atoms with Crippen molar-refractivity contribution in [3.8, 4) is 0 Å². The molecule has 0 aliphatic rings. The number of carbonyl (C=O) groups is 1. The van der Waals surface area contributed by atoms with Crippen LogP contribution in [0.1, 0.15) is 25.3 Å². The normalized spacial score (nSPS) is 11.6. The van der Waals surface area contributed by atoms with E-state index in [1.165, 1.54) is 11.8 Å². The number of carbonyl (C=O) groups excluding carboxylic acids is 1. The topological polar surface area (TPSA) is 102 Å². The van der Waals surface area contributed by atoms with Gasteiger partial charge < -0.3 is 4.42 Å². The van der Waals surface area contributed by atoms with Crippen LogP contribution in [0.5, 0.6) is 0 Å². The van der Waals surface area contributed by atoms with Crippen LogP contribution >= 0.6 is 23.4 Å². The number of anilines is 1. The molecule has 0 saturated carbocycles. The van der Waals surface area contributed by atoms with Gasteiger partial charge in [0.25, 0.3) is 0 Å². The van der Waals surface area contributed by atoms with E-state index < -0.39 is 15.1 Å². The minimum Gasteiger partial charge on any atom is -0.407 e. The van der Waals surface area contributed by atoms with Gasteiger partial charge in [-0.25, -0.2) is 8.42 Å². The fourth-order valence-corrected chi connectivity index (χ4v) is 4.34. The zero-order chi connectivity index (χ0) is 21.7. The third-order valence-corrected chi connectivity index (χ3v) is 7.56. The van der Waals surface area contributed by atoms with Crippen LogP contribution in [0.25, 0.3) is 0 Å². The van der Waals surface area contributed by atoms with Gasteiger partial charge in [0.1, 0.15) is 0 Å². The minimum atomic E-state index is -3.31. The summed E-state index contributed by atoms with van der Waals surface area (Å²) in [5.74, 6) is 0.231. The van der Waals surface area contributed by atoms with Crippen LogP contribution in [0, 0.1) is 0 Å². The smallest absolute Gasteiger partial charge is 0.322 e. The second-order valence-corrected chi connectivity index (χ2v) is 10.7. The molecule has 3 aromatic rings. The predicted octanol–water partition coefficient (Wildman–Crippen LogP) is 4.23. The molecule has 2 aromatic carbocycles. The Labute approximate surface area is 184 Å². The average Bonchev–Trinajstić information content (AvgIpc) is 3.14. The molecule has 10 heteroatoms. The van der Waals surface area contributed by atoms with Crippen molar-refractivity contribution in [2.24, 2.45) is 0 Å². The van der Waals surface area contributed by atoms with E-state index in [1.807, 2.05) is 12.1 Å². The van der Waals surface area contributed by atoms with E-state index in [4.69, 9.17) is 16.0 Å². The number of sulfone groups is 1. The summed E-state index contributed by atoms with van der Waals surface area (Å²) in [6.45, 7) is 3.29. The molecule has 1 aromatic heterocycles. The average molecular weight is 466 g/mol. The first kappa shape index (κ1) is 22.3. The summed E-state index contributed by atoms with van der Waals surface area (Å²) in [5, 5.41) is 10.5. The highest BCUT2D eigenvalue weighted by atomic mass is 35.5. The van der Waals surface area contributed by atoms with Crippen molar-refractivity contribution < 1.29 is 17.6 Å². The van der Waals surface area contributed by atoms with Gasteiger partial charge in [-0.3, -0.25) is 10.1 Å². The lowest BCUT2D eigenvalue weighted by atomic mass is 10.1. The number of thioether (sulfide) groups is 1. The largest absolute Gasteiger partial charge is 0.407 e. The van der Waals surface area contributed by atoms with Crippen molar-refractivity contribution in [2.75, 3.05) is 11.1 Å². The van der Waals surface area contributed by atoms with E-state index in [9.17, 15) is 13.2 Å². The highest BCUT2D eigenvalue weighted by Gasteiger charge is 2.19. The van der Waals surface area contributed by atoms with Gasteiger partial charge in [-0.05, 0) is 55.8 Å². The predicted molar refractivity (Wildman–Crippen MR) is 117 cm³/mol. The lowest BCUT2D eigenvalue weighted by molar-refractivity contribution is -0.113.